The summed E-state index contributed by atoms with van der Waals surface area (Å²) < 4.78 is 26.3. The van der Waals surface area contributed by atoms with Gasteiger partial charge < -0.3 is 5.32 Å². The summed E-state index contributed by atoms with van der Waals surface area (Å²) in [5.41, 5.74) is 0.544. The summed E-state index contributed by atoms with van der Waals surface area (Å²) in [6, 6.07) is 5.25. The number of carbonyl (C=O) groups is 1. The molecule has 3 heterocycles. The second kappa shape index (κ2) is 6.70. The topological polar surface area (TPSA) is 97.2 Å². The third-order valence-corrected chi connectivity index (χ3v) is 5.26. The first-order chi connectivity index (χ1) is 11.4. The zero-order chi connectivity index (χ0) is 17.2. The zero-order valence-corrected chi connectivity index (χ0v) is 14.1. The predicted molar refractivity (Wildman–Crippen MR) is 89.1 cm³/mol. The largest absolute Gasteiger partial charge is 0.323 e. The van der Waals surface area contributed by atoms with Crippen LogP contribution in [0.5, 0.6) is 0 Å². The molecule has 9 heteroatoms. The Labute approximate surface area is 140 Å². The van der Waals surface area contributed by atoms with Gasteiger partial charge in [0.15, 0.2) is 5.82 Å². The van der Waals surface area contributed by atoms with Gasteiger partial charge in [-0.3, -0.25) is 4.79 Å². The van der Waals surface area contributed by atoms with E-state index in [1.165, 1.54) is 10.6 Å². The smallest absolute Gasteiger partial charge is 0.228 e. The number of sulfonamides is 1. The molecule has 2 aromatic rings. The maximum Gasteiger partial charge on any atom is 0.228 e. The first-order valence-electron chi connectivity index (χ1n) is 7.66. The van der Waals surface area contributed by atoms with Gasteiger partial charge in [0, 0.05) is 31.7 Å². The highest BCUT2D eigenvalue weighted by Gasteiger charge is 2.30. The normalized spacial score (nSPS) is 19.1. The number of amides is 1. The Morgan fingerprint density at radius 2 is 2.17 bits per heavy atom. The van der Waals surface area contributed by atoms with Crippen LogP contribution in [0.15, 0.2) is 36.8 Å². The van der Waals surface area contributed by atoms with Gasteiger partial charge in [0.2, 0.25) is 15.9 Å². The van der Waals surface area contributed by atoms with E-state index in [0.717, 1.165) is 0 Å². The second-order valence-corrected chi connectivity index (χ2v) is 7.76. The fourth-order valence-corrected chi connectivity index (χ4v) is 3.68. The summed E-state index contributed by atoms with van der Waals surface area (Å²) in [5.74, 6) is -0.0597. The predicted octanol–water partition coefficient (Wildman–Crippen LogP) is 0.877. The van der Waals surface area contributed by atoms with E-state index in [2.05, 4.69) is 15.4 Å². The summed E-state index contributed by atoms with van der Waals surface area (Å²) in [5, 5.41) is 6.98. The number of nitrogens with zero attached hydrogens (tertiary/aromatic N) is 4. The van der Waals surface area contributed by atoms with Crippen LogP contribution in [-0.4, -0.2) is 52.7 Å². The van der Waals surface area contributed by atoms with E-state index >= 15 is 0 Å². The van der Waals surface area contributed by atoms with Gasteiger partial charge in [-0.15, -0.1) is 0 Å². The molecule has 0 aliphatic carbocycles. The van der Waals surface area contributed by atoms with Crippen molar-refractivity contribution in [2.75, 3.05) is 24.7 Å². The van der Waals surface area contributed by atoms with Gasteiger partial charge in [-0.25, -0.2) is 22.4 Å². The molecule has 128 valence electrons. The Bertz CT molecular complexity index is 819. The Morgan fingerprint density at radius 3 is 2.88 bits per heavy atom. The van der Waals surface area contributed by atoms with Crippen LogP contribution in [0.3, 0.4) is 0 Å². The molecule has 0 unspecified atom stereocenters. The average molecular weight is 349 g/mol. The molecule has 1 aliphatic heterocycles. The van der Waals surface area contributed by atoms with Crippen molar-refractivity contribution in [1.82, 2.24) is 19.1 Å². The van der Waals surface area contributed by atoms with Crippen molar-refractivity contribution in [2.24, 2.45) is 5.92 Å². The van der Waals surface area contributed by atoms with E-state index < -0.39 is 10.0 Å². The van der Waals surface area contributed by atoms with E-state index in [0.29, 0.717) is 30.9 Å². The third kappa shape index (κ3) is 3.62. The minimum Gasteiger partial charge on any atom is -0.323 e. The monoisotopic (exact) mass is 349 g/mol. The molecule has 0 radical (unpaired) electrons. The molecule has 0 spiro atoms. The summed E-state index contributed by atoms with van der Waals surface area (Å²) in [4.78, 5) is 16.8. The lowest BCUT2D eigenvalue weighted by Crippen LogP contribution is -2.43. The summed E-state index contributed by atoms with van der Waals surface area (Å²) in [6.07, 6.45) is 7.50. The van der Waals surface area contributed by atoms with Gasteiger partial charge in [-0.05, 0) is 31.0 Å². The van der Waals surface area contributed by atoms with Gasteiger partial charge in [0.25, 0.3) is 0 Å². The van der Waals surface area contributed by atoms with Crippen molar-refractivity contribution in [2.45, 2.75) is 12.8 Å². The number of carbonyl (C=O) groups excluding carboxylic acids is 1. The molecule has 1 saturated heterocycles. The van der Waals surface area contributed by atoms with Crippen molar-refractivity contribution in [3.8, 4) is 5.82 Å². The number of anilines is 1. The van der Waals surface area contributed by atoms with Gasteiger partial charge in [-0.2, -0.15) is 5.10 Å². The third-order valence-electron chi connectivity index (χ3n) is 3.99. The maximum absolute atomic E-state index is 12.6. The molecule has 1 N–H and O–H groups in total. The van der Waals surface area contributed by atoms with Crippen LogP contribution in [-0.2, 0) is 14.8 Å². The van der Waals surface area contributed by atoms with Crippen LogP contribution in [0.1, 0.15) is 12.8 Å². The quantitative estimate of drug-likeness (QED) is 0.884. The van der Waals surface area contributed by atoms with E-state index in [-0.39, 0.29) is 18.4 Å². The van der Waals surface area contributed by atoms with E-state index in [1.54, 1.807) is 41.5 Å². The number of nitrogens with one attached hydrogen (secondary N) is 1. The van der Waals surface area contributed by atoms with Crippen LogP contribution in [0, 0.1) is 5.92 Å². The Hall–Kier alpha value is -2.26. The highest BCUT2D eigenvalue weighted by molar-refractivity contribution is 7.88. The Balaban J connectivity index is 1.76. The standard InChI is InChI=1S/C15H19N5O3S/c1-24(22,23)19-9-3-5-12(11-19)15(21)18-13-6-2-7-16-14(13)20-10-4-8-17-20/h2,4,6-8,10,12H,3,5,9,11H2,1H3,(H,18,21)/t12-/m0/s1. The molecule has 0 bridgehead atoms. The van der Waals surface area contributed by atoms with Crippen LogP contribution < -0.4 is 5.32 Å². The molecule has 24 heavy (non-hydrogen) atoms. The lowest BCUT2D eigenvalue weighted by Gasteiger charge is -2.30. The first kappa shape index (κ1) is 16.6. The number of hydrogen-bond donors (Lipinski definition) is 1. The maximum atomic E-state index is 12.6. The summed E-state index contributed by atoms with van der Waals surface area (Å²) in [6.45, 7) is 0.677. The number of rotatable bonds is 4. The van der Waals surface area contributed by atoms with Crippen LogP contribution in [0.2, 0.25) is 0 Å². The molecule has 1 amide bonds. The first-order valence-corrected chi connectivity index (χ1v) is 9.51. The highest BCUT2D eigenvalue weighted by atomic mass is 32.2. The minimum absolute atomic E-state index is 0.204. The molecular weight excluding hydrogens is 330 g/mol. The van der Waals surface area contributed by atoms with Crippen LogP contribution in [0.25, 0.3) is 5.82 Å². The van der Waals surface area contributed by atoms with E-state index in [9.17, 15) is 13.2 Å². The Kier molecular flexibility index (Phi) is 4.63. The van der Waals surface area contributed by atoms with Gasteiger partial charge in [0.05, 0.1) is 17.9 Å². The van der Waals surface area contributed by atoms with E-state index in [4.69, 9.17) is 0 Å². The Morgan fingerprint density at radius 1 is 1.33 bits per heavy atom. The number of hydrogen-bond acceptors (Lipinski definition) is 5. The molecule has 0 saturated carbocycles. The highest BCUT2D eigenvalue weighted by Crippen LogP contribution is 2.22. The lowest BCUT2D eigenvalue weighted by atomic mass is 9.99. The minimum atomic E-state index is -3.28. The summed E-state index contributed by atoms with van der Waals surface area (Å²) in [7, 11) is -3.28. The molecule has 8 nitrogen and oxygen atoms in total. The van der Waals surface area contributed by atoms with E-state index in [1.807, 2.05) is 0 Å². The molecule has 3 rings (SSSR count). The molecule has 1 atom stereocenters. The average Bonchev–Trinajstić information content (AvgIpc) is 3.09. The molecule has 1 fully saturated rings. The van der Waals surface area contributed by atoms with Crippen molar-refractivity contribution < 1.29 is 13.2 Å². The van der Waals surface area contributed by atoms with Crippen LogP contribution >= 0.6 is 0 Å². The molecule has 2 aromatic heterocycles. The molecular formula is C15H19N5O3S. The van der Waals surface area contributed by atoms with Crippen molar-refractivity contribution in [1.29, 1.82) is 0 Å². The number of aromatic nitrogens is 3. The number of piperidine rings is 1. The van der Waals surface area contributed by atoms with Gasteiger partial charge in [0.1, 0.15) is 0 Å². The van der Waals surface area contributed by atoms with Crippen molar-refractivity contribution >= 4 is 21.6 Å². The lowest BCUT2D eigenvalue weighted by molar-refractivity contribution is -0.120. The fraction of sp³-hybridized carbons (Fsp3) is 0.400. The molecule has 1 aliphatic rings. The fourth-order valence-electron chi connectivity index (χ4n) is 2.76. The SMILES string of the molecule is CS(=O)(=O)N1CCC[C@H](C(=O)Nc2cccnc2-n2cccn2)C1. The van der Waals surface area contributed by atoms with Gasteiger partial charge in [-0.1, -0.05) is 0 Å². The van der Waals surface area contributed by atoms with Crippen molar-refractivity contribution in [3.63, 3.8) is 0 Å². The second-order valence-electron chi connectivity index (χ2n) is 5.77. The van der Waals surface area contributed by atoms with Crippen molar-refractivity contribution in [3.05, 3.63) is 36.8 Å². The van der Waals surface area contributed by atoms with Crippen LogP contribution in [0.4, 0.5) is 5.69 Å². The number of pyridine rings is 1. The molecule has 0 aromatic carbocycles. The summed E-state index contributed by atoms with van der Waals surface area (Å²) >= 11 is 0. The zero-order valence-electron chi connectivity index (χ0n) is 13.3. The van der Waals surface area contributed by atoms with Gasteiger partial charge >= 0.3 is 0 Å².